The minimum atomic E-state index is 0.110. The van der Waals surface area contributed by atoms with Gasteiger partial charge < -0.3 is 10.6 Å². The van der Waals surface area contributed by atoms with Gasteiger partial charge in [-0.3, -0.25) is 4.79 Å². The van der Waals surface area contributed by atoms with Crippen molar-refractivity contribution in [3.8, 4) is 0 Å². The largest absolute Gasteiger partial charge is 0.355 e. The minimum Gasteiger partial charge on any atom is -0.355 e. The molecule has 1 aromatic rings. The maximum Gasteiger partial charge on any atom is 0.233 e. The van der Waals surface area contributed by atoms with Crippen molar-refractivity contribution in [3.05, 3.63) is 35.9 Å². The molecule has 1 amide bonds. The van der Waals surface area contributed by atoms with Gasteiger partial charge in [-0.25, -0.2) is 0 Å². The van der Waals surface area contributed by atoms with Crippen LogP contribution in [0.3, 0.4) is 0 Å². The molecule has 2 rings (SSSR count). The zero-order valence-corrected chi connectivity index (χ0v) is 11.9. The van der Waals surface area contributed by atoms with Gasteiger partial charge >= 0.3 is 0 Å². The molecule has 0 saturated heterocycles. The topological polar surface area (TPSA) is 41.1 Å². The van der Waals surface area contributed by atoms with Crippen molar-refractivity contribution in [2.45, 2.75) is 38.6 Å². The molecule has 3 nitrogen and oxygen atoms in total. The van der Waals surface area contributed by atoms with E-state index in [2.05, 4.69) is 48.7 Å². The average Bonchev–Trinajstić information content (AvgIpc) is 3.26. The van der Waals surface area contributed by atoms with Crippen molar-refractivity contribution in [1.82, 2.24) is 10.6 Å². The third kappa shape index (κ3) is 4.67. The Bertz CT molecular complexity index is 400. The maximum atomic E-state index is 11.7. The Morgan fingerprint density at radius 3 is 2.58 bits per heavy atom. The van der Waals surface area contributed by atoms with Crippen LogP contribution in [0.1, 0.15) is 38.2 Å². The number of hydrogen-bond donors (Lipinski definition) is 2. The molecule has 0 aliphatic heterocycles. The molecule has 0 aromatic heterocycles. The quantitative estimate of drug-likeness (QED) is 0.790. The highest BCUT2D eigenvalue weighted by atomic mass is 16.1. The first kappa shape index (κ1) is 14.1. The second kappa shape index (κ2) is 6.71. The standard InChI is InChI=1S/C16H24N2O/c1-12(15-6-4-3-5-7-15)13(2)17-11-16(19)18-10-14-8-9-14/h3-7,12-14,17H,8-11H2,1-2H3,(H,18,19). The summed E-state index contributed by atoms with van der Waals surface area (Å²) in [4.78, 5) is 11.7. The van der Waals surface area contributed by atoms with Crippen LogP contribution in [-0.4, -0.2) is 25.0 Å². The molecule has 0 radical (unpaired) electrons. The summed E-state index contributed by atoms with van der Waals surface area (Å²) in [5.41, 5.74) is 1.31. The summed E-state index contributed by atoms with van der Waals surface area (Å²) in [5.74, 6) is 1.25. The zero-order valence-electron chi connectivity index (χ0n) is 11.9. The number of benzene rings is 1. The van der Waals surface area contributed by atoms with Gasteiger partial charge in [-0.05, 0) is 37.2 Å². The Hall–Kier alpha value is -1.35. The number of amides is 1. The van der Waals surface area contributed by atoms with Crippen LogP contribution in [0.15, 0.2) is 30.3 Å². The van der Waals surface area contributed by atoms with Crippen LogP contribution < -0.4 is 10.6 Å². The second-order valence-corrected chi connectivity index (χ2v) is 5.62. The number of nitrogens with one attached hydrogen (secondary N) is 2. The highest BCUT2D eigenvalue weighted by Gasteiger charge is 2.21. The molecule has 1 aromatic carbocycles. The normalized spacial score (nSPS) is 17.8. The monoisotopic (exact) mass is 260 g/mol. The SMILES string of the molecule is CC(NCC(=O)NCC1CC1)C(C)c1ccccc1. The molecule has 1 aliphatic rings. The summed E-state index contributed by atoms with van der Waals surface area (Å²) in [7, 11) is 0. The molecule has 2 atom stereocenters. The van der Waals surface area contributed by atoms with Crippen molar-refractivity contribution in [1.29, 1.82) is 0 Å². The summed E-state index contributed by atoms with van der Waals surface area (Å²) < 4.78 is 0. The van der Waals surface area contributed by atoms with Crippen molar-refractivity contribution in [2.24, 2.45) is 5.92 Å². The van der Waals surface area contributed by atoms with Gasteiger partial charge in [0.2, 0.25) is 5.91 Å². The fraction of sp³-hybridized carbons (Fsp3) is 0.562. The van der Waals surface area contributed by atoms with Crippen LogP contribution in [0.2, 0.25) is 0 Å². The van der Waals surface area contributed by atoms with Gasteiger partial charge in [-0.1, -0.05) is 37.3 Å². The Kier molecular flexibility index (Phi) is 4.97. The first-order chi connectivity index (χ1) is 9.16. The first-order valence-corrected chi connectivity index (χ1v) is 7.22. The summed E-state index contributed by atoms with van der Waals surface area (Å²) in [6.45, 7) is 5.58. The third-order valence-corrected chi connectivity index (χ3v) is 3.94. The molecular formula is C16H24N2O. The average molecular weight is 260 g/mol. The van der Waals surface area contributed by atoms with Crippen LogP contribution in [0.5, 0.6) is 0 Å². The maximum absolute atomic E-state index is 11.7. The molecule has 1 fully saturated rings. The molecule has 19 heavy (non-hydrogen) atoms. The lowest BCUT2D eigenvalue weighted by Gasteiger charge is -2.21. The van der Waals surface area contributed by atoms with E-state index in [-0.39, 0.29) is 11.9 Å². The lowest BCUT2D eigenvalue weighted by atomic mass is 9.94. The van der Waals surface area contributed by atoms with Crippen LogP contribution in [0.4, 0.5) is 0 Å². The van der Waals surface area contributed by atoms with E-state index < -0.39 is 0 Å². The zero-order chi connectivity index (χ0) is 13.7. The Morgan fingerprint density at radius 2 is 1.95 bits per heavy atom. The molecule has 1 aliphatic carbocycles. The Balaban J connectivity index is 1.70. The predicted octanol–water partition coefficient (Wildman–Crippen LogP) is 2.29. The predicted molar refractivity (Wildman–Crippen MR) is 78.1 cm³/mol. The van der Waals surface area contributed by atoms with Crippen LogP contribution in [0.25, 0.3) is 0 Å². The highest BCUT2D eigenvalue weighted by Crippen LogP contribution is 2.27. The molecule has 0 heterocycles. The lowest BCUT2D eigenvalue weighted by Crippen LogP contribution is -2.40. The van der Waals surface area contributed by atoms with E-state index in [1.54, 1.807) is 0 Å². The second-order valence-electron chi connectivity index (χ2n) is 5.62. The molecule has 3 heteroatoms. The number of carbonyl (C=O) groups excluding carboxylic acids is 1. The van der Waals surface area contributed by atoms with Crippen molar-refractivity contribution in [3.63, 3.8) is 0 Å². The summed E-state index contributed by atoms with van der Waals surface area (Å²) >= 11 is 0. The van der Waals surface area contributed by atoms with E-state index in [1.807, 2.05) is 6.07 Å². The number of rotatable bonds is 7. The molecule has 0 bridgehead atoms. The lowest BCUT2D eigenvalue weighted by molar-refractivity contribution is -0.120. The van der Waals surface area contributed by atoms with Gasteiger partial charge in [-0.2, -0.15) is 0 Å². The molecule has 1 saturated carbocycles. The minimum absolute atomic E-state index is 0.110. The smallest absolute Gasteiger partial charge is 0.233 e. The van der Waals surface area contributed by atoms with E-state index >= 15 is 0 Å². The summed E-state index contributed by atoms with van der Waals surface area (Å²) in [6.07, 6.45) is 2.55. The highest BCUT2D eigenvalue weighted by molar-refractivity contribution is 5.78. The van der Waals surface area contributed by atoms with E-state index in [0.29, 0.717) is 12.5 Å². The van der Waals surface area contributed by atoms with Gasteiger partial charge in [0.15, 0.2) is 0 Å². The Morgan fingerprint density at radius 1 is 1.26 bits per heavy atom. The molecule has 2 N–H and O–H groups in total. The van der Waals surface area contributed by atoms with Gasteiger partial charge in [0, 0.05) is 12.6 Å². The van der Waals surface area contributed by atoms with Crippen molar-refractivity contribution < 1.29 is 4.79 Å². The van der Waals surface area contributed by atoms with Gasteiger partial charge in [0.05, 0.1) is 6.54 Å². The summed E-state index contributed by atoms with van der Waals surface area (Å²) in [5, 5.41) is 6.29. The molecule has 0 spiro atoms. The van der Waals surface area contributed by atoms with Gasteiger partial charge in [-0.15, -0.1) is 0 Å². The van der Waals surface area contributed by atoms with Crippen LogP contribution in [0, 0.1) is 5.92 Å². The van der Waals surface area contributed by atoms with Crippen LogP contribution in [-0.2, 0) is 4.79 Å². The van der Waals surface area contributed by atoms with E-state index in [0.717, 1.165) is 12.5 Å². The van der Waals surface area contributed by atoms with Gasteiger partial charge in [0.1, 0.15) is 0 Å². The third-order valence-electron chi connectivity index (χ3n) is 3.94. The molecule has 2 unspecified atom stereocenters. The van der Waals surface area contributed by atoms with Crippen molar-refractivity contribution >= 4 is 5.91 Å². The first-order valence-electron chi connectivity index (χ1n) is 7.22. The summed E-state index contributed by atoms with van der Waals surface area (Å²) in [6, 6.07) is 10.7. The fourth-order valence-electron chi connectivity index (χ4n) is 2.12. The van der Waals surface area contributed by atoms with E-state index in [9.17, 15) is 4.79 Å². The molecular weight excluding hydrogens is 236 g/mol. The number of hydrogen-bond acceptors (Lipinski definition) is 2. The van der Waals surface area contributed by atoms with Crippen LogP contribution >= 0.6 is 0 Å². The fourth-order valence-corrected chi connectivity index (χ4v) is 2.12. The van der Waals surface area contributed by atoms with Crippen molar-refractivity contribution in [2.75, 3.05) is 13.1 Å². The molecule has 104 valence electrons. The van der Waals surface area contributed by atoms with E-state index in [1.165, 1.54) is 18.4 Å². The Labute approximate surface area is 115 Å². The van der Waals surface area contributed by atoms with E-state index in [4.69, 9.17) is 0 Å². The number of carbonyl (C=O) groups is 1. The van der Waals surface area contributed by atoms with Gasteiger partial charge in [0.25, 0.3) is 0 Å².